The van der Waals surface area contributed by atoms with E-state index in [9.17, 15) is 0 Å². The molecule has 1 rings (SSSR count). The molecule has 0 aliphatic rings. The van der Waals surface area contributed by atoms with Crippen molar-refractivity contribution < 1.29 is 0 Å². The molecule has 0 fully saturated rings. The Kier molecular flexibility index (Phi) is 5.43. The lowest BCUT2D eigenvalue weighted by Crippen LogP contribution is -2.32. The first-order valence-electron chi connectivity index (χ1n) is 5.17. The molecule has 0 spiro atoms. The van der Waals surface area contributed by atoms with Gasteiger partial charge in [0, 0.05) is 29.8 Å². The van der Waals surface area contributed by atoms with Gasteiger partial charge in [0.1, 0.15) is 0 Å². The highest BCUT2D eigenvalue weighted by Crippen LogP contribution is 2.15. The highest BCUT2D eigenvalue weighted by Gasteiger charge is 2.11. The Balaban J connectivity index is 2.55. The molecule has 3 heteroatoms. The molecule has 0 saturated carbocycles. The predicted octanol–water partition coefficient (Wildman–Crippen LogP) is 3.44. The molecule has 1 aromatic rings. The summed E-state index contributed by atoms with van der Waals surface area (Å²) in [7, 11) is 0. The highest BCUT2D eigenvalue weighted by atomic mass is 32.1. The van der Waals surface area contributed by atoms with Crippen LogP contribution in [0.15, 0.2) is 29.7 Å². The minimum absolute atomic E-state index is 0.545. The molecule has 15 heavy (non-hydrogen) atoms. The van der Waals surface area contributed by atoms with Gasteiger partial charge in [-0.15, -0.1) is 11.3 Å². The van der Waals surface area contributed by atoms with Crippen molar-refractivity contribution in [3.05, 3.63) is 34.5 Å². The maximum Gasteiger partial charge on any atom is 0.0334 e. The molecular weight excluding hydrogens is 222 g/mol. The lowest BCUT2D eigenvalue weighted by Gasteiger charge is -2.26. The van der Waals surface area contributed by atoms with Crippen molar-refractivity contribution in [1.29, 1.82) is 0 Å². The fourth-order valence-electron chi connectivity index (χ4n) is 1.36. The minimum Gasteiger partial charge on any atom is -0.292 e. The highest BCUT2D eigenvalue weighted by molar-refractivity contribution is 7.80. The summed E-state index contributed by atoms with van der Waals surface area (Å²) >= 11 is 6.06. The molecule has 0 N–H and O–H groups in total. The third kappa shape index (κ3) is 4.41. The van der Waals surface area contributed by atoms with Gasteiger partial charge in [-0.3, -0.25) is 4.90 Å². The summed E-state index contributed by atoms with van der Waals surface area (Å²) in [4.78, 5) is 3.83. The van der Waals surface area contributed by atoms with Gasteiger partial charge in [-0.05, 0) is 25.3 Å². The molecule has 0 saturated heterocycles. The first-order valence-corrected chi connectivity index (χ1v) is 6.68. The Labute approximate surface area is 102 Å². The third-order valence-electron chi connectivity index (χ3n) is 2.32. The van der Waals surface area contributed by atoms with Crippen LogP contribution >= 0.6 is 24.0 Å². The monoisotopic (exact) mass is 241 g/mol. The summed E-state index contributed by atoms with van der Waals surface area (Å²) in [5.41, 5.74) is 1.18. The van der Waals surface area contributed by atoms with Crippen LogP contribution in [0.2, 0.25) is 0 Å². The Bertz CT molecular complexity index is 291. The molecule has 0 unspecified atom stereocenters. The van der Waals surface area contributed by atoms with Crippen molar-refractivity contribution in [2.45, 2.75) is 26.4 Å². The zero-order chi connectivity index (χ0) is 11.3. The molecule has 0 atom stereocenters. The fourth-order valence-corrected chi connectivity index (χ4v) is 2.19. The van der Waals surface area contributed by atoms with Gasteiger partial charge in [0.2, 0.25) is 0 Å². The van der Waals surface area contributed by atoms with Crippen LogP contribution in [-0.4, -0.2) is 23.2 Å². The second-order valence-electron chi connectivity index (χ2n) is 3.99. The van der Waals surface area contributed by atoms with E-state index in [0.29, 0.717) is 6.04 Å². The number of rotatable bonds is 6. The molecule has 84 valence electrons. The lowest BCUT2D eigenvalue weighted by molar-refractivity contribution is 0.234. The van der Waals surface area contributed by atoms with Crippen LogP contribution in [0, 0.1) is 0 Å². The maximum atomic E-state index is 4.25. The molecule has 0 aliphatic heterocycles. The van der Waals surface area contributed by atoms with Crippen LogP contribution in [0.25, 0.3) is 0 Å². The second-order valence-corrected chi connectivity index (χ2v) is 5.33. The van der Waals surface area contributed by atoms with Crippen LogP contribution in [0.5, 0.6) is 0 Å². The molecule has 1 aromatic heterocycles. The standard InChI is InChI=1S/C12H19NS2/c1-10(2)13(7-11(3)9-14)8-12-5-4-6-15-12/h4-6,10,14H,3,7-9H2,1-2H3. The number of hydrogen-bond donors (Lipinski definition) is 1. The minimum atomic E-state index is 0.545. The maximum absolute atomic E-state index is 4.25. The van der Waals surface area contributed by atoms with E-state index in [0.717, 1.165) is 18.8 Å². The zero-order valence-electron chi connectivity index (χ0n) is 9.44. The Morgan fingerprint density at radius 2 is 2.33 bits per heavy atom. The average molecular weight is 241 g/mol. The molecule has 0 aliphatic carbocycles. The zero-order valence-corrected chi connectivity index (χ0v) is 11.2. The van der Waals surface area contributed by atoms with Gasteiger partial charge < -0.3 is 0 Å². The van der Waals surface area contributed by atoms with Gasteiger partial charge in [0.15, 0.2) is 0 Å². The molecule has 0 bridgehead atoms. The summed E-state index contributed by atoms with van der Waals surface area (Å²) < 4.78 is 0. The van der Waals surface area contributed by atoms with Crippen molar-refractivity contribution in [3.8, 4) is 0 Å². The normalized spacial score (nSPS) is 11.3. The van der Waals surface area contributed by atoms with E-state index in [2.05, 4.69) is 55.5 Å². The Morgan fingerprint density at radius 1 is 1.60 bits per heavy atom. The van der Waals surface area contributed by atoms with Gasteiger partial charge in [-0.1, -0.05) is 18.2 Å². The Morgan fingerprint density at radius 3 is 2.80 bits per heavy atom. The van der Waals surface area contributed by atoms with E-state index < -0.39 is 0 Å². The molecule has 1 heterocycles. The number of hydrogen-bond acceptors (Lipinski definition) is 3. The third-order valence-corrected chi connectivity index (χ3v) is 3.63. The van der Waals surface area contributed by atoms with Gasteiger partial charge in [0.25, 0.3) is 0 Å². The van der Waals surface area contributed by atoms with Crippen molar-refractivity contribution in [3.63, 3.8) is 0 Å². The van der Waals surface area contributed by atoms with Gasteiger partial charge in [0.05, 0.1) is 0 Å². The van der Waals surface area contributed by atoms with Gasteiger partial charge >= 0.3 is 0 Å². The van der Waals surface area contributed by atoms with Crippen LogP contribution in [0.1, 0.15) is 18.7 Å². The van der Waals surface area contributed by atoms with E-state index in [1.54, 1.807) is 0 Å². The number of nitrogens with zero attached hydrogens (tertiary/aromatic N) is 1. The first-order chi connectivity index (χ1) is 7.13. The summed E-state index contributed by atoms with van der Waals surface area (Å²) in [6, 6.07) is 4.83. The lowest BCUT2D eigenvalue weighted by atomic mass is 10.2. The van der Waals surface area contributed by atoms with Crippen LogP contribution < -0.4 is 0 Å². The fraction of sp³-hybridized carbons (Fsp3) is 0.500. The summed E-state index contributed by atoms with van der Waals surface area (Å²) in [5.74, 6) is 0.771. The number of thiophene rings is 1. The van der Waals surface area contributed by atoms with Gasteiger partial charge in [-0.2, -0.15) is 12.6 Å². The molecule has 0 radical (unpaired) electrons. The van der Waals surface area contributed by atoms with Crippen LogP contribution in [0.3, 0.4) is 0 Å². The van der Waals surface area contributed by atoms with Crippen molar-refractivity contribution in [2.24, 2.45) is 0 Å². The Hall–Kier alpha value is -0.250. The molecule has 0 amide bonds. The van der Waals surface area contributed by atoms with E-state index in [4.69, 9.17) is 0 Å². The molecule has 1 nitrogen and oxygen atoms in total. The second kappa shape index (κ2) is 6.36. The van der Waals surface area contributed by atoms with Crippen molar-refractivity contribution >= 4 is 24.0 Å². The van der Waals surface area contributed by atoms with E-state index in [1.807, 2.05) is 11.3 Å². The summed E-state index contributed by atoms with van der Waals surface area (Å²) in [6.07, 6.45) is 0. The summed E-state index contributed by atoms with van der Waals surface area (Å²) in [5, 5.41) is 2.13. The van der Waals surface area contributed by atoms with Crippen LogP contribution in [0.4, 0.5) is 0 Å². The smallest absolute Gasteiger partial charge is 0.0334 e. The topological polar surface area (TPSA) is 3.24 Å². The van der Waals surface area contributed by atoms with E-state index in [-0.39, 0.29) is 0 Å². The van der Waals surface area contributed by atoms with Crippen LogP contribution in [-0.2, 0) is 6.54 Å². The molecule has 0 aromatic carbocycles. The average Bonchev–Trinajstić information content (AvgIpc) is 2.69. The van der Waals surface area contributed by atoms with Crippen molar-refractivity contribution in [1.82, 2.24) is 4.90 Å². The SMILES string of the molecule is C=C(CS)CN(Cc1cccs1)C(C)C. The van der Waals surface area contributed by atoms with E-state index >= 15 is 0 Å². The summed E-state index contributed by atoms with van der Waals surface area (Å²) in [6.45, 7) is 10.4. The van der Waals surface area contributed by atoms with E-state index in [1.165, 1.54) is 10.5 Å². The number of thiol groups is 1. The van der Waals surface area contributed by atoms with Gasteiger partial charge in [-0.25, -0.2) is 0 Å². The molecular formula is C12H19NS2. The first kappa shape index (κ1) is 12.8. The predicted molar refractivity (Wildman–Crippen MR) is 72.9 cm³/mol. The quantitative estimate of drug-likeness (QED) is 0.590. The largest absolute Gasteiger partial charge is 0.292 e. The van der Waals surface area contributed by atoms with Crippen molar-refractivity contribution in [2.75, 3.05) is 12.3 Å².